The number of rotatable bonds is 10. The van der Waals surface area contributed by atoms with Gasteiger partial charge in [0.15, 0.2) is 5.58 Å². The molecule has 2 aromatic heterocycles. The summed E-state index contributed by atoms with van der Waals surface area (Å²) in [6, 6.07) is 78.0. The summed E-state index contributed by atoms with van der Waals surface area (Å²) in [5.41, 5.74) is 18.7. The fourth-order valence-electron chi connectivity index (χ4n) is 9.19. The van der Waals surface area contributed by atoms with Crippen molar-refractivity contribution in [3.63, 3.8) is 0 Å². The highest BCUT2D eigenvalue weighted by Gasteiger charge is 2.20. The van der Waals surface area contributed by atoms with Crippen molar-refractivity contribution >= 4 is 62.1 Å². The average Bonchev–Trinajstić information content (AvgIpc) is 3.90. The zero-order valence-electron chi connectivity index (χ0n) is 35.5. The number of anilines is 3. The summed E-state index contributed by atoms with van der Waals surface area (Å²) in [4.78, 5) is 2.33. The van der Waals surface area contributed by atoms with E-state index in [1.807, 2.05) is 18.2 Å². The van der Waals surface area contributed by atoms with E-state index in [4.69, 9.17) is 4.42 Å². The van der Waals surface area contributed by atoms with Crippen LogP contribution in [0.2, 0.25) is 0 Å². The number of para-hydroxylation sites is 2. The SMILES string of the molecule is C=Cc1c(/C=C\C)n(-c2cccc3c2oc2ccccc23)c2ccc(-c3ccc(-c4ccc(N(c5ccc(-c6ccccc6)cc5)c5ccc(-c6ccccc6)cc5)cc4)cc3)cc12. The molecule has 64 heavy (non-hydrogen) atoms. The molecule has 11 rings (SSSR count). The van der Waals surface area contributed by atoms with E-state index in [0.717, 1.165) is 89.1 Å². The van der Waals surface area contributed by atoms with E-state index in [1.54, 1.807) is 0 Å². The van der Waals surface area contributed by atoms with Crippen LogP contribution in [0, 0.1) is 0 Å². The molecule has 0 aliphatic rings. The predicted molar refractivity (Wildman–Crippen MR) is 272 cm³/mol. The highest BCUT2D eigenvalue weighted by molar-refractivity contribution is 6.08. The van der Waals surface area contributed by atoms with E-state index in [9.17, 15) is 0 Å². The summed E-state index contributed by atoms with van der Waals surface area (Å²) in [6.07, 6.45) is 6.23. The number of hydrogen-bond acceptors (Lipinski definition) is 2. The number of nitrogens with zero attached hydrogens (tertiary/aromatic N) is 2. The molecule has 0 aliphatic heterocycles. The van der Waals surface area contributed by atoms with Crippen LogP contribution >= 0.6 is 0 Å². The Labute approximate surface area is 373 Å². The molecule has 11 aromatic rings. The molecular weight excluding hydrogens is 777 g/mol. The van der Waals surface area contributed by atoms with Crippen LogP contribution in [0.4, 0.5) is 17.1 Å². The van der Waals surface area contributed by atoms with Gasteiger partial charge < -0.3 is 13.9 Å². The lowest BCUT2D eigenvalue weighted by Crippen LogP contribution is -2.09. The van der Waals surface area contributed by atoms with Gasteiger partial charge in [-0.15, -0.1) is 0 Å². The lowest BCUT2D eigenvalue weighted by Gasteiger charge is -2.26. The van der Waals surface area contributed by atoms with E-state index in [2.05, 4.69) is 241 Å². The van der Waals surface area contributed by atoms with Crippen molar-refractivity contribution in [2.75, 3.05) is 4.90 Å². The number of hydrogen-bond donors (Lipinski definition) is 0. The fourth-order valence-corrected chi connectivity index (χ4v) is 9.19. The van der Waals surface area contributed by atoms with E-state index in [-0.39, 0.29) is 0 Å². The molecular formula is C61H44N2O. The Morgan fingerprint density at radius 3 is 1.42 bits per heavy atom. The molecule has 3 nitrogen and oxygen atoms in total. The van der Waals surface area contributed by atoms with Gasteiger partial charge in [-0.3, -0.25) is 0 Å². The molecule has 9 aromatic carbocycles. The van der Waals surface area contributed by atoms with Crippen LogP contribution in [0.3, 0.4) is 0 Å². The lowest BCUT2D eigenvalue weighted by atomic mass is 9.98. The lowest BCUT2D eigenvalue weighted by molar-refractivity contribution is 0.666. The highest BCUT2D eigenvalue weighted by Crippen LogP contribution is 2.41. The Hall–Kier alpha value is -8.40. The van der Waals surface area contributed by atoms with Crippen LogP contribution in [0.15, 0.2) is 235 Å². The summed E-state index contributed by atoms with van der Waals surface area (Å²) in [5.74, 6) is 0. The first-order valence-corrected chi connectivity index (χ1v) is 21.8. The Kier molecular flexibility index (Phi) is 9.91. The molecule has 0 spiro atoms. The largest absolute Gasteiger partial charge is 0.454 e. The first kappa shape index (κ1) is 38.5. The molecule has 0 N–H and O–H groups in total. The smallest absolute Gasteiger partial charge is 0.159 e. The third kappa shape index (κ3) is 6.90. The van der Waals surface area contributed by atoms with Crippen LogP contribution in [-0.2, 0) is 0 Å². The second kappa shape index (κ2) is 16.5. The maximum atomic E-state index is 6.52. The summed E-state index contributed by atoms with van der Waals surface area (Å²) in [7, 11) is 0. The van der Waals surface area contributed by atoms with E-state index >= 15 is 0 Å². The molecule has 0 bridgehead atoms. The molecule has 0 unspecified atom stereocenters. The predicted octanol–water partition coefficient (Wildman–Crippen LogP) is 17.3. The van der Waals surface area contributed by atoms with Gasteiger partial charge in [-0.25, -0.2) is 0 Å². The molecule has 0 saturated carbocycles. The molecule has 0 fully saturated rings. The van der Waals surface area contributed by atoms with Gasteiger partial charge in [0.05, 0.1) is 16.9 Å². The van der Waals surface area contributed by atoms with Crippen molar-refractivity contribution in [2.24, 2.45) is 0 Å². The molecule has 0 amide bonds. The molecule has 2 heterocycles. The van der Waals surface area contributed by atoms with Crippen LogP contribution in [0.25, 0.3) is 95.2 Å². The minimum atomic E-state index is 0.873. The maximum absolute atomic E-state index is 6.52. The minimum Gasteiger partial charge on any atom is -0.454 e. The normalized spacial score (nSPS) is 11.5. The second-order valence-corrected chi connectivity index (χ2v) is 16.1. The number of allylic oxidation sites excluding steroid dienone is 1. The van der Waals surface area contributed by atoms with Crippen molar-refractivity contribution in [3.8, 4) is 50.2 Å². The topological polar surface area (TPSA) is 21.3 Å². The second-order valence-electron chi connectivity index (χ2n) is 16.1. The van der Waals surface area contributed by atoms with Crippen LogP contribution in [0.1, 0.15) is 18.2 Å². The summed E-state index contributed by atoms with van der Waals surface area (Å²) >= 11 is 0. The molecule has 0 saturated heterocycles. The zero-order chi connectivity index (χ0) is 43.0. The van der Waals surface area contributed by atoms with Crippen LogP contribution in [0.5, 0.6) is 0 Å². The van der Waals surface area contributed by atoms with Crippen LogP contribution < -0.4 is 4.90 Å². The van der Waals surface area contributed by atoms with Gasteiger partial charge in [0.2, 0.25) is 0 Å². The maximum Gasteiger partial charge on any atom is 0.159 e. The highest BCUT2D eigenvalue weighted by atomic mass is 16.3. The number of aromatic nitrogens is 1. The summed E-state index contributed by atoms with van der Waals surface area (Å²) in [5, 5.41) is 3.36. The van der Waals surface area contributed by atoms with Gasteiger partial charge in [0, 0.05) is 38.8 Å². The van der Waals surface area contributed by atoms with Gasteiger partial charge in [-0.2, -0.15) is 0 Å². The quantitative estimate of drug-likeness (QED) is 0.137. The summed E-state index contributed by atoms with van der Waals surface area (Å²) < 4.78 is 8.84. The van der Waals surface area contributed by atoms with Gasteiger partial charge in [-0.05, 0) is 118 Å². The van der Waals surface area contributed by atoms with Crippen molar-refractivity contribution in [2.45, 2.75) is 6.92 Å². The fraction of sp³-hybridized carbons (Fsp3) is 0.0164. The Balaban J connectivity index is 0.916. The van der Waals surface area contributed by atoms with Gasteiger partial charge in [-0.1, -0.05) is 176 Å². The molecule has 304 valence electrons. The third-order valence-electron chi connectivity index (χ3n) is 12.3. The molecule has 0 aliphatic carbocycles. The minimum absolute atomic E-state index is 0.873. The Morgan fingerprint density at radius 1 is 0.438 bits per heavy atom. The van der Waals surface area contributed by atoms with Crippen molar-refractivity contribution < 1.29 is 4.42 Å². The summed E-state index contributed by atoms with van der Waals surface area (Å²) in [6.45, 7) is 6.34. The number of furan rings is 1. The Morgan fingerprint density at radius 2 is 0.891 bits per heavy atom. The van der Waals surface area contributed by atoms with Gasteiger partial charge in [0.25, 0.3) is 0 Å². The van der Waals surface area contributed by atoms with E-state index in [1.165, 1.54) is 22.3 Å². The Bertz CT molecular complexity index is 3380. The van der Waals surface area contributed by atoms with Crippen LogP contribution in [-0.4, -0.2) is 4.57 Å². The van der Waals surface area contributed by atoms with Gasteiger partial charge >= 0.3 is 0 Å². The number of benzene rings is 9. The van der Waals surface area contributed by atoms with Crippen molar-refractivity contribution in [1.82, 2.24) is 4.57 Å². The molecule has 0 atom stereocenters. The first-order chi connectivity index (χ1) is 31.6. The third-order valence-corrected chi connectivity index (χ3v) is 12.3. The van der Waals surface area contributed by atoms with E-state index < -0.39 is 0 Å². The zero-order valence-corrected chi connectivity index (χ0v) is 35.5. The standard InChI is InChI=1S/C61H44N2O/c1-3-14-57-53(4-2)56-41-49(33-40-58(56)63(57)59-21-13-20-55-54-19-11-12-22-60(54)64-61(55)59)48-25-23-44(24-26-48)47-31-38-52(39-32-47)62(50-34-27-45(28-35-50)42-15-7-5-8-16-42)51-36-29-46(30-37-51)43-17-9-6-10-18-43/h3-41H,2H2,1H3/b14-3-. The molecule has 3 heteroatoms. The van der Waals surface area contributed by atoms with Crippen molar-refractivity contribution in [1.29, 1.82) is 0 Å². The van der Waals surface area contributed by atoms with Crippen molar-refractivity contribution in [3.05, 3.63) is 242 Å². The first-order valence-electron chi connectivity index (χ1n) is 21.8. The monoisotopic (exact) mass is 820 g/mol. The number of fused-ring (bicyclic) bond motifs is 4. The van der Waals surface area contributed by atoms with E-state index in [0.29, 0.717) is 0 Å². The molecule has 0 radical (unpaired) electrons. The average molecular weight is 821 g/mol. The van der Waals surface area contributed by atoms with Gasteiger partial charge in [0.1, 0.15) is 5.58 Å².